The number of aliphatic hydroxyl groups excluding tert-OH is 1. The zero-order chi connectivity index (χ0) is 44.1. The van der Waals surface area contributed by atoms with Crippen LogP contribution in [-0.2, 0) is 34.8 Å². The van der Waals surface area contributed by atoms with Crippen molar-refractivity contribution in [3.63, 3.8) is 0 Å². The number of ether oxygens (including phenoxy) is 3. The first-order valence-electron chi connectivity index (χ1n) is 21.1. The molecule has 0 radical (unpaired) electrons. The van der Waals surface area contributed by atoms with Crippen molar-refractivity contribution in [1.82, 2.24) is 24.1 Å². The minimum atomic E-state index is -1.12. The molecule has 4 aromatic carbocycles. The second kappa shape index (κ2) is 19.1. The summed E-state index contributed by atoms with van der Waals surface area (Å²) in [6, 6.07) is 24.6. The first-order chi connectivity index (χ1) is 30.4. The van der Waals surface area contributed by atoms with E-state index in [1.54, 1.807) is 35.5 Å². The molecule has 2 aliphatic rings. The number of esters is 1. The van der Waals surface area contributed by atoms with Crippen molar-refractivity contribution in [2.45, 2.75) is 64.4 Å². The summed E-state index contributed by atoms with van der Waals surface area (Å²) in [5.41, 5.74) is 2.58. The van der Waals surface area contributed by atoms with E-state index in [-0.39, 0.29) is 36.0 Å². The van der Waals surface area contributed by atoms with E-state index >= 15 is 4.39 Å². The molecule has 0 aliphatic carbocycles. The van der Waals surface area contributed by atoms with Crippen molar-refractivity contribution in [1.29, 1.82) is 0 Å². The molecule has 3 atom stereocenters. The van der Waals surface area contributed by atoms with E-state index in [1.807, 2.05) is 47.9 Å². The molecule has 0 amide bonds. The fourth-order valence-electron chi connectivity index (χ4n) is 8.37. The molecule has 17 heteroatoms. The van der Waals surface area contributed by atoms with Gasteiger partial charge >= 0.3 is 11.7 Å². The van der Waals surface area contributed by atoms with Crippen LogP contribution in [0.4, 0.5) is 20.2 Å². The first-order valence-corrected chi connectivity index (χ1v) is 21.5. The van der Waals surface area contributed by atoms with Gasteiger partial charge in [-0.3, -0.25) is 4.79 Å². The van der Waals surface area contributed by atoms with Gasteiger partial charge in [-0.1, -0.05) is 37.1 Å². The fourth-order valence-corrected chi connectivity index (χ4v) is 8.61. The number of carbonyl (C=O) groups excluding carboxylic acids is 1. The lowest BCUT2D eigenvalue weighted by molar-refractivity contribution is -0.689. The van der Waals surface area contributed by atoms with Crippen LogP contribution >= 0.6 is 11.6 Å². The molecule has 2 saturated heterocycles. The second-order valence-corrected chi connectivity index (χ2v) is 16.6. The number of aromatic nitrogens is 6. The SMILES string of the molecule is CCC[C@@H](O)Cn1ncn(-c2ccc(N3CCN(c4ccc(OCC5CO[C@](Cn6c[n+](Cc7ccc(OC(C)=O)c(Cl)c7)cn6)(c6ccc(F)cc6F)C5)cc4)CC3)cc2)c1=O. The summed E-state index contributed by atoms with van der Waals surface area (Å²) in [6.45, 7) is 8.01. The lowest BCUT2D eigenvalue weighted by atomic mass is 9.87. The number of carbonyl (C=O) groups is 1. The lowest BCUT2D eigenvalue weighted by Crippen LogP contribution is -2.46. The molecular weight excluding hydrogens is 834 g/mol. The Hall–Kier alpha value is -6.10. The molecule has 6 aromatic rings. The summed E-state index contributed by atoms with van der Waals surface area (Å²) in [7, 11) is 0. The number of hydrogen-bond donors (Lipinski definition) is 1. The Bertz CT molecular complexity index is 2580. The van der Waals surface area contributed by atoms with Crippen molar-refractivity contribution in [2.24, 2.45) is 5.92 Å². The van der Waals surface area contributed by atoms with Crippen LogP contribution in [0.1, 0.15) is 44.2 Å². The van der Waals surface area contributed by atoms with Crippen LogP contribution in [0.15, 0.2) is 109 Å². The molecule has 0 saturated carbocycles. The summed E-state index contributed by atoms with van der Waals surface area (Å²) >= 11 is 6.33. The van der Waals surface area contributed by atoms with Gasteiger partial charge in [0.2, 0.25) is 6.33 Å². The monoisotopic (exact) mass is 883 g/mol. The Balaban J connectivity index is 0.850. The minimum absolute atomic E-state index is 0.0833. The molecule has 14 nitrogen and oxygen atoms in total. The van der Waals surface area contributed by atoms with Crippen molar-refractivity contribution < 1.29 is 37.5 Å². The number of rotatable bonds is 16. The van der Waals surface area contributed by atoms with Gasteiger partial charge in [-0.25, -0.2) is 27.4 Å². The zero-order valence-corrected chi connectivity index (χ0v) is 35.9. The van der Waals surface area contributed by atoms with Crippen LogP contribution in [0, 0.1) is 17.6 Å². The molecule has 1 N–H and O–H groups in total. The highest BCUT2D eigenvalue weighted by Gasteiger charge is 2.46. The number of aliphatic hydroxyl groups is 1. The molecule has 330 valence electrons. The van der Waals surface area contributed by atoms with E-state index in [1.165, 1.54) is 34.6 Å². The van der Waals surface area contributed by atoms with Crippen molar-refractivity contribution in [2.75, 3.05) is 49.2 Å². The van der Waals surface area contributed by atoms with E-state index in [2.05, 4.69) is 32.1 Å². The molecule has 0 spiro atoms. The van der Waals surface area contributed by atoms with Gasteiger partial charge < -0.3 is 29.1 Å². The third-order valence-corrected chi connectivity index (χ3v) is 11.8. The van der Waals surface area contributed by atoms with Crippen LogP contribution in [0.5, 0.6) is 11.5 Å². The first kappa shape index (κ1) is 43.5. The predicted molar refractivity (Wildman–Crippen MR) is 231 cm³/mol. The molecule has 8 rings (SSSR count). The molecule has 63 heavy (non-hydrogen) atoms. The van der Waals surface area contributed by atoms with E-state index in [9.17, 15) is 19.1 Å². The number of hydrogen-bond acceptors (Lipinski definition) is 10. The van der Waals surface area contributed by atoms with Gasteiger partial charge in [0.25, 0.3) is 6.33 Å². The molecule has 0 bridgehead atoms. The largest absolute Gasteiger partial charge is 0.493 e. The summed E-state index contributed by atoms with van der Waals surface area (Å²) < 4.78 is 53.6. The zero-order valence-electron chi connectivity index (χ0n) is 35.2. The van der Waals surface area contributed by atoms with Gasteiger partial charge in [-0.05, 0) is 85.1 Å². The number of halogens is 3. The fraction of sp³-hybridized carbons (Fsp3) is 0.370. The Morgan fingerprint density at radius 3 is 2.33 bits per heavy atom. The third-order valence-electron chi connectivity index (χ3n) is 11.5. The van der Waals surface area contributed by atoms with E-state index in [0.717, 1.165) is 61.3 Å². The maximum Gasteiger partial charge on any atom is 0.350 e. The van der Waals surface area contributed by atoms with Crippen LogP contribution in [0.2, 0.25) is 5.02 Å². The van der Waals surface area contributed by atoms with E-state index in [4.69, 9.17) is 25.8 Å². The summed E-state index contributed by atoms with van der Waals surface area (Å²) in [5, 5.41) is 19.2. The van der Waals surface area contributed by atoms with Crippen LogP contribution < -0.4 is 29.5 Å². The summed E-state index contributed by atoms with van der Waals surface area (Å²) in [5.74, 6) is -0.917. The standard InChI is InChI=1S/C46H50ClF2N8O6/c1-3-4-39(59)25-57-45(60)56(30-51-57)38-9-7-36(8-10-38)53-17-19-54(20-18-53)37-11-13-40(14-12-37)61-26-34-23-46(62-27-34,41-15-6-35(48)22-43(41)49)28-55-31-52(29-50-55)24-33-5-16-44(42(47)21-33)63-32(2)58/h5-16,21-22,29-31,34,39,59H,3-4,17-20,23-28H2,1-2H3/q+1/t34?,39-,46-/m1/s1. The van der Waals surface area contributed by atoms with Gasteiger partial charge in [-0.15, -0.1) is 4.68 Å². The van der Waals surface area contributed by atoms with Crippen molar-refractivity contribution >= 4 is 28.9 Å². The van der Waals surface area contributed by atoms with Crippen LogP contribution in [0.3, 0.4) is 0 Å². The maximum atomic E-state index is 15.4. The maximum absolute atomic E-state index is 15.4. The Labute approximate surface area is 368 Å². The third kappa shape index (κ3) is 10.2. The van der Waals surface area contributed by atoms with Crippen LogP contribution in [0.25, 0.3) is 5.69 Å². The predicted octanol–water partition coefficient (Wildman–Crippen LogP) is 5.92. The number of nitrogens with zero attached hydrogens (tertiary/aromatic N) is 8. The molecule has 2 aliphatic heterocycles. The average Bonchev–Trinajstić information content (AvgIpc) is 4.00. The number of anilines is 2. The Morgan fingerprint density at radius 1 is 0.968 bits per heavy atom. The molecule has 2 fully saturated rings. The summed E-state index contributed by atoms with van der Waals surface area (Å²) in [6.07, 6.45) is 6.18. The van der Waals surface area contributed by atoms with Crippen LogP contribution in [-0.4, -0.2) is 80.7 Å². The highest BCUT2D eigenvalue weighted by atomic mass is 35.5. The molecule has 4 heterocycles. The summed E-state index contributed by atoms with van der Waals surface area (Å²) in [4.78, 5) is 28.9. The number of benzene rings is 4. The van der Waals surface area contributed by atoms with Crippen molar-refractivity contribution in [3.8, 4) is 17.2 Å². The number of piperazine rings is 1. The van der Waals surface area contributed by atoms with E-state index < -0.39 is 29.3 Å². The van der Waals surface area contributed by atoms with Gasteiger partial charge in [-0.2, -0.15) is 5.10 Å². The highest BCUT2D eigenvalue weighted by molar-refractivity contribution is 6.32. The second-order valence-electron chi connectivity index (χ2n) is 16.2. The molecule has 1 unspecified atom stereocenters. The highest BCUT2D eigenvalue weighted by Crippen LogP contribution is 2.42. The lowest BCUT2D eigenvalue weighted by Gasteiger charge is -2.37. The Morgan fingerprint density at radius 2 is 1.67 bits per heavy atom. The Kier molecular flexibility index (Phi) is 13.2. The van der Waals surface area contributed by atoms with Gasteiger partial charge in [0.15, 0.2) is 0 Å². The van der Waals surface area contributed by atoms with Gasteiger partial charge in [0.1, 0.15) is 41.6 Å². The average molecular weight is 884 g/mol. The smallest absolute Gasteiger partial charge is 0.350 e. The quantitative estimate of drug-likeness (QED) is 0.0710. The topological polar surface area (TPSA) is 133 Å². The molecular formula is C46H50ClF2N8O6+. The van der Waals surface area contributed by atoms with Crippen molar-refractivity contribution in [3.05, 3.63) is 142 Å². The van der Waals surface area contributed by atoms with Gasteiger partial charge in [0, 0.05) is 67.1 Å². The molecule has 2 aromatic heterocycles. The van der Waals surface area contributed by atoms with Gasteiger partial charge in [0.05, 0.1) is 43.1 Å². The minimum Gasteiger partial charge on any atom is -0.493 e. The normalized spacial score (nSPS) is 18.2. The van der Waals surface area contributed by atoms with E-state index in [0.29, 0.717) is 43.4 Å².